The summed E-state index contributed by atoms with van der Waals surface area (Å²) >= 11 is 12.7. The highest BCUT2D eigenvalue weighted by atomic mass is 35.5. The summed E-state index contributed by atoms with van der Waals surface area (Å²) in [5.74, 6) is 0. The lowest BCUT2D eigenvalue weighted by Crippen LogP contribution is -2.09. The monoisotopic (exact) mass is 393 g/mol. The first-order chi connectivity index (χ1) is 13.1. The van der Waals surface area contributed by atoms with Gasteiger partial charge in [0, 0.05) is 29.0 Å². The number of carbonyl (C=O) groups is 1. The van der Waals surface area contributed by atoms with Gasteiger partial charge in [0.2, 0.25) is 0 Å². The Morgan fingerprint density at radius 3 is 2.22 bits per heavy atom. The third kappa shape index (κ3) is 2.95. The lowest BCUT2D eigenvalue weighted by molar-refractivity contribution is 0.112. The van der Waals surface area contributed by atoms with Gasteiger partial charge < -0.3 is 4.40 Å². The van der Waals surface area contributed by atoms with Crippen molar-refractivity contribution in [3.63, 3.8) is 0 Å². The minimum Gasteiger partial charge on any atom is -0.316 e. The molecule has 0 unspecified atom stereocenters. The van der Waals surface area contributed by atoms with Crippen molar-refractivity contribution in [1.82, 2.24) is 4.40 Å². The number of hydrogen-bond acceptors (Lipinski definition) is 2. The Labute approximate surface area is 165 Å². The Morgan fingerprint density at radius 1 is 0.778 bits per heavy atom. The minimum absolute atomic E-state index is 0.175. The fourth-order valence-corrected chi connectivity index (χ4v) is 3.86. The van der Waals surface area contributed by atoms with Gasteiger partial charge in [0.15, 0.2) is 11.7 Å². The van der Waals surface area contributed by atoms with Gasteiger partial charge in [-0.15, -0.1) is 0 Å². The van der Waals surface area contributed by atoms with E-state index in [-0.39, 0.29) is 5.43 Å². The van der Waals surface area contributed by atoms with E-state index in [1.807, 2.05) is 40.8 Å². The lowest BCUT2D eigenvalue weighted by Gasteiger charge is -2.15. The zero-order chi connectivity index (χ0) is 19.0. The van der Waals surface area contributed by atoms with Crippen LogP contribution in [0.2, 0.25) is 10.0 Å². The molecule has 0 aliphatic heterocycles. The summed E-state index contributed by atoms with van der Waals surface area (Å²) in [6.45, 7) is 0. The Hall–Kier alpha value is -2.88. The van der Waals surface area contributed by atoms with E-state index in [2.05, 4.69) is 0 Å². The van der Waals surface area contributed by atoms with Crippen molar-refractivity contribution in [1.29, 1.82) is 0 Å². The molecule has 0 atom stereocenters. The molecule has 4 aromatic rings. The van der Waals surface area contributed by atoms with Crippen LogP contribution in [0.4, 0.5) is 0 Å². The van der Waals surface area contributed by atoms with E-state index < -0.39 is 0 Å². The zero-order valence-electron chi connectivity index (χ0n) is 14.0. The zero-order valence-corrected chi connectivity index (χ0v) is 15.5. The van der Waals surface area contributed by atoms with Crippen molar-refractivity contribution in [3.8, 4) is 22.4 Å². The van der Waals surface area contributed by atoms with Crippen LogP contribution < -0.4 is 5.43 Å². The van der Waals surface area contributed by atoms with Gasteiger partial charge in [-0.05, 0) is 24.3 Å². The van der Waals surface area contributed by atoms with Gasteiger partial charge in [-0.2, -0.15) is 0 Å². The van der Waals surface area contributed by atoms with E-state index in [4.69, 9.17) is 23.2 Å². The molecule has 0 saturated heterocycles. The average molecular weight is 394 g/mol. The molecule has 0 spiro atoms. The molecule has 4 rings (SSSR count). The molecular weight excluding hydrogens is 381 g/mol. The molecule has 0 radical (unpaired) electrons. The standard InChI is InChI=1S/C22H13Cl2NO2/c23-16-7-3-8-17(24)21(16)22-19-10-4-9-18(25(19)12-11-20(22)27)15-6-2-1-5-14(15)13-26/h1-13H. The number of halogens is 2. The first-order valence-electron chi connectivity index (χ1n) is 8.25. The van der Waals surface area contributed by atoms with Crippen molar-refractivity contribution in [3.05, 3.63) is 98.8 Å². The van der Waals surface area contributed by atoms with Crippen LogP contribution in [0.5, 0.6) is 0 Å². The summed E-state index contributed by atoms with van der Waals surface area (Å²) in [7, 11) is 0. The van der Waals surface area contributed by atoms with Gasteiger partial charge in [0.1, 0.15) is 0 Å². The molecule has 2 heterocycles. The summed E-state index contributed by atoms with van der Waals surface area (Å²) in [6.07, 6.45) is 2.52. The first kappa shape index (κ1) is 17.5. The van der Waals surface area contributed by atoms with Gasteiger partial charge in [-0.3, -0.25) is 9.59 Å². The third-order valence-corrected chi connectivity index (χ3v) is 5.11. The van der Waals surface area contributed by atoms with Crippen LogP contribution in [0.25, 0.3) is 27.9 Å². The van der Waals surface area contributed by atoms with Gasteiger partial charge in [0.05, 0.1) is 26.8 Å². The highest BCUT2D eigenvalue weighted by molar-refractivity contribution is 6.39. The average Bonchev–Trinajstić information content (AvgIpc) is 2.68. The number of fused-ring (bicyclic) bond motifs is 1. The number of carbonyl (C=O) groups excluding carboxylic acids is 1. The Bertz CT molecular complexity index is 1220. The fraction of sp³-hybridized carbons (Fsp3) is 0. The second-order valence-corrected chi connectivity index (χ2v) is 6.84. The van der Waals surface area contributed by atoms with E-state index in [0.717, 1.165) is 17.5 Å². The van der Waals surface area contributed by atoms with E-state index in [9.17, 15) is 9.59 Å². The molecule has 0 fully saturated rings. The van der Waals surface area contributed by atoms with Gasteiger partial charge >= 0.3 is 0 Å². The molecule has 132 valence electrons. The van der Waals surface area contributed by atoms with Crippen LogP contribution in [0.1, 0.15) is 10.4 Å². The van der Waals surface area contributed by atoms with E-state index in [1.165, 1.54) is 6.07 Å². The topological polar surface area (TPSA) is 38.5 Å². The largest absolute Gasteiger partial charge is 0.316 e. The number of hydrogen-bond donors (Lipinski definition) is 0. The molecule has 0 saturated carbocycles. The summed E-state index contributed by atoms with van der Waals surface area (Å²) < 4.78 is 1.87. The summed E-state index contributed by atoms with van der Waals surface area (Å²) in [6, 6.07) is 19.5. The molecule has 3 nitrogen and oxygen atoms in total. The Kier molecular flexibility index (Phi) is 4.56. The molecule has 0 bridgehead atoms. The second kappa shape index (κ2) is 7.03. The van der Waals surface area contributed by atoms with E-state index >= 15 is 0 Å². The van der Waals surface area contributed by atoms with Crippen molar-refractivity contribution in [2.24, 2.45) is 0 Å². The first-order valence-corrected chi connectivity index (χ1v) is 9.01. The maximum Gasteiger partial charge on any atom is 0.190 e. The summed E-state index contributed by atoms with van der Waals surface area (Å²) in [5.41, 5.74) is 3.56. The van der Waals surface area contributed by atoms with Crippen molar-refractivity contribution in [2.75, 3.05) is 0 Å². The number of pyridine rings is 2. The number of aldehydes is 1. The highest BCUT2D eigenvalue weighted by Gasteiger charge is 2.17. The maximum absolute atomic E-state index is 12.7. The third-order valence-electron chi connectivity index (χ3n) is 4.48. The predicted octanol–water partition coefficient (Wildman–Crippen LogP) is 5.75. The summed E-state index contributed by atoms with van der Waals surface area (Å²) in [4.78, 5) is 24.2. The van der Waals surface area contributed by atoms with E-state index in [0.29, 0.717) is 32.3 Å². The number of aromatic nitrogens is 1. The van der Waals surface area contributed by atoms with E-state index in [1.54, 1.807) is 30.5 Å². The van der Waals surface area contributed by atoms with Crippen molar-refractivity contribution in [2.45, 2.75) is 0 Å². The normalized spacial score (nSPS) is 10.9. The highest BCUT2D eigenvalue weighted by Crippen LogP contribution is 2.36. The maximum atomic E-state index is 12.7. The quantitative estimate of drug-likeness (QED) is 0.415. The van der Waals surface area contributed by atoms with Crippen molar-refractivity contribution >= 4 is 35.0 Å². The fourth-order valence-electron chi connectivity index (χ4n) is 3.28. The molecule has 0 aliphatic rings. The van der Waals surface area contributed by atoms with Crippen LogP contribution in [0.15, 0.2) is 77.7 Å². The van der Waals surface area contributed by atoms with Gasteiger partial charge in [0.25, 0.3) is 0 Å². The second-order valence-electron chi connectivity index (χ2n) is 6.02. The van der Waals surface area contributed by atoms with Gasteiger partial charge in [-0.25, -0.2) is 0 Å². The number of benzene rings is 2. The van der Waals surface area contributed by atoms with Gasteiger partial charge in [-0.1, -0.05) is 59.6 Å². The lowest BCUT2D eigenvalue weighted by atomic mass is 10.0. The van der Waals surface area contributed by atoms with Crippen LogP contribution in [-0.2, 0) is 0 Å². The summed E-state index contributed by atoms with van der Waals surface area (Å²) in [5, 5.41) is 0.817. The van der Waals surface area contributed by atoms with Crippen LogP contribution in [-0.4, -0.2) is 10.7 Å². The molecule has 2 aromatic heterocycles. The molecule has 27 heavy (non-hydrogen) atoms. The van der Waals surface area contributed by atoms with Crippen LogP contribution in [0, 0.1) is 0 Å². The smallest absolute Gasteiger partial charge is 0.190 e. The minimum atomic E-state index is -0.175. The molecular formula is C22H13Cl2NO2. The Morgan fingerprint density at radius 2 is 1.48 bits per heavy atom. The van der Waals surface area contributed by atoms with Crippen molar-refractivity contribution < 1.29 is 4.79 Å². The predicted molar refractivity (Wildman–Crippen MR) is 110 cm³/mol. The molecule has 0 N–H and O–H groups in total. The number of nitrogens with zero attached hydrogens (tertiary/aromatic N) is 1. The van der Waals surface area contributed by atoms with Crippen LogP contribution >= 0.6 is 23.2 Å². The molecule has 2 aromatic carbocycles. The Balaban J connectivity index is 2.12. The number of rotatable bonds is 3. The molecule has 0 aliphatic carbocycles. The molecule has 0 amide bonds. The SMILES string of the molecule is O=Cc1ccccc1-c1cccc2c(-c3c(Cl)cccc3Cl)c(=O)ccn12. The van der Waals surface area contributed by atoms with Crippen LogP contribution in [0.3, 0.4) is 0 Å². The molecule has 5 heteroatoms.